The van der Waals surface area contributed by atoms with Crippen molar-refractivity contribution < 1.29 is 17.6 Å². The van der Waals surface area contributed by atoms with Crippen molar-refractivity contribution in [2.24, 2.45) is 0 Å². The molecule has 0 radical (unpaired) electrons. The second kappa shape index (κ2) is 11.4. The van der Waals surface area contributed by atoms with Gasteiger partial charge in [-0.2, -0.15) is 4.31 Å². The van der Waals surface area contributed by atoms with Crippen molar-refractivity contribution in [2.75, 3.05) is 18.0 Å². The molecule has 0 saturated carbocycles. The molecular weight excluding hydrogens is 493 g/mol. The quantitative estimate of drug-likeness (QED) is 0.454. The third kappa shape index (κ3) is 6.31. The van der Waals surface area contributed by atoms with Crippen LogP contribution in [0.2, 0.25) is 0 Å². The molecule has 1 unspecified atom stereocenters. The van der Waals surface area contributed by atoms with E-state index < -0.39 is 27.8 Å². The van der Waals surface area contributed by atoms with Gasteiger partial charge in [0.25, 0.3) is 0 Å². The molecule has 196 valence electrons. The summed E-state index contributed by atoms with van der Waals surface area (Å²) < 4.78 is 40.4. The normalized spacial score (nSPS) is 15.9. The summed E-state index contributed by atoms with van der Waals surface area (Å²) in [5.41, 5.74) is 2.66. The summed E-state index contributed by atoms with van der Waals surface area (Å²) in [5, 5.41) is 2.80. The molecule has 3 aromatic rings. The van der Waals surface area contributed by atoms with Crippen molar-refractivity contribution in [2.45, 2.75) is 57.1 Å². The van der Waals surface area contributed by atoms with Gasteiger partial charge in [0, 0.05) is 43.1 Å². The van der Waals surface area contributed by atoms with Gasteiger partial charge in [-0.3, -0.25) is 4.79 Å². The van der Waals surface area contributed by atoms with Crippen molar-refractivity contribution >= 4 is 21.9 Å². The Hall–Kier alpha value is -3.37. The van der Waals surface area contributed by atoms with Gasteiger partial charge in [0.2, 0.25) is 21.9 Å². The number of rotatable bonds is 9. The molecule has 1 N–H and O–H groups in total. The van der Waals surface area contributed by atoms with Crippen molar-refractivity contribution in [3.8, 4) is 11.1 Å². The third-order valence-corrected chi connectivity index (χ3v) is 8.53. The van der Waals surface area contributed by atoms with Crippen LogP contribution in [-0.4, -0.2) is 53.8 Å². The molecule has 4 rings (SSSR count). The molecule has 1 aromatic heterocycles. The molecule has 0 aliphatic carbocycles. The zero-order chi connectivity index (χ0) is 26.6. The van der Waals surface area contributed by atoms with E-state index in [0.717, 1.165) is 58.5 Å². The maximum atomic E-state index is 13.3. The zero-order valence-corrected chi connectivity index (χ0v) is 22.1. The predicted octanol–water partition coefficient (Wildman–Crippen LogP) is 3.99. The minimum absolute atomic E-state index is 0.0597. The molecule has 2 heterocycles. The monoisotopic (exact) mass is 525 g/mol. The SMILES string of the molecule is CC1CCCN1c1ncc(-c2cccc(CNC(=O)CN(C(C)C)S(=O)(=O)c3ccc(F)cc3)c2)cn1. The Balaban J connectivity index is 1.40. The van der Waals surface area contributed by atoms with Gasteiger partial charge in [-0.1, -0.05) is 18.2 Å². The van der Waals surface area contributed by atoms with E-state index in [0.29, 0.717) is 6.04 Å². The van der Waals surface area contributed by atoms with Gasteiger partial charge in [0.1, 0.15) is 5.82 Å². The molecule has 2 aromatic carbocycles. The second-order valence-corrected chi connectivity index (χ2v) is 11.4. The summed E-state index contributed by atoms with van der Waals surface area (Å²) in [4.78, 5) is 24.0. The first-order valence-corrected chi connectivity index (χ1v) is 13.8. The number of amides is 1. The smallest absolute Gasteiger partial charge is 0.243 e. The Morgan fingerprint density at radius 3 is 2.46 bits per heavy atom. The predicted molar refractivity (Wildman–Crippen MR) is 141 cm³/mol. The Kier molecular flexibility index (Phi) is 8.19. The molecule has 1 atom stereocenters. The van der Waals surface area contributed by atoms with Crippen LogP contribution in [0.15, 0.2) is 65.8 Å². The number of carbonyl (C=O) groups is 1. The summed E-state index contributed by atoms with van der Waals surface area (Å²) in [6.45, 7) is 6.42. The number of sulfonamides is 1. The lowest BCUT2D eigenvalue weighted by Gasteiger charge is -2.25. The van der Waals surface area contributed by atoms with E-state index in [2.05, 4.69) is 27.1 Å². The first-order chi connectivity index (χ1) is 17.6. The van der Waals surface area contributed by atoms with Crippen LogP contribution in [0.5, 0.6) is 0 Å². The number of benzene rings is 2. The fourth-order valence-electron chi connectivity index (χ4n) is 4.39. The number of anilines is 1. The van der Waals surface area contributed by atoms with Crippen molar-refractivity contribution in [1.82, 2.24) is 19.6 Å². The fraction of sp³-hybridized carbons (Fsp3) is 0.370. The zero-order valence-electron chi connectivity index (χ0n) is 21.3. The molecule has 10 heteroatoms. The molecule has 0 bridgehead atoms. The van der Waals surface area contributed by atoms with Gasteiger partial charge in [-0.25, -0.2) is 22.8 Å². The summed E-state index contributed by atoms with van der Waals surface area (Å²) in [6, 6.07) is 12.2. The number of carbonyl (C=O) groups excluding carboxylic acids is 1. The number of hydrogen-bond donors (Lipinski definition) is 1. The summed E-state index contributed by atoms with van der Waals surface area (Å²) in [6.07, 6.45) is 5.91. The van der Waals surface area contributed by atoms with E-state index in [1.807, 2.05) is 36.7 Å². The minimum Gasteiger partial charge on any atom is -0.351 e. The average Bonchev–Trinajstić information content (AvgIpc) is 3.32. The van der Waals surface area contributed by atoms with Gasteiger partial charge in [-0.15, -0.1) is 0 Å². The molecular formula is C27H32FN5O3S. The minimum atomic E-state index is -3.96. The highest BCUT2D eigenvalue weighted by atomic mass is 32.2. The van der Waals surface area contributed by atoms with Gasteiger partial charge < -0.3 is 10.2 Å². The van der Waals surface area contributed by atoms with E-state index in [1.54, 1.807) is 13.8 Å². The molecule has 1 aliphatic heterocycles. The van der Waals surface area contributed by atoms with Crippen LogP contribution in [0, 0.1) is 5.82 Å². The largest absolute Gasteiger partial charge is 0.351 e. The topological polar surface area (TPSA) is 95.5 Å². The maximum absolute atomic E-state index is 13.3. The van der Waals surface area contributed by atoms with Crippen LogP contribution in [0.25, 0.3) is 11.1 Å². The number of nitrogens with zero attached hydrogens (tertiary/aromatic N) is 4. The van der Waals surface area contributed by atoms with Crippen LogP contribution >= 0.6 is 0 Å². The van der Waals surface area contributed by atoms with E-state index in [1.165, 1.54) is 12.1 Å². The standard InChI is InChI=1S/C27H32FN5O3S/c1-19(2)33(37(35,36)25-11-9-24(28)10-12-25)18-26(34)29-15-21-7-4-8-22(14-21)23-16-30-27(31-17-23)32-13-5-6-20(32)3/h4,7-12,14,16-17,19-20H,5-6,13,15,18H2,1-3H3,(H,29,34). The number of aromatic nitrogens is 2. The van der Waals surface area contributed by atoms with Crippen molar-refractivity contribution in [1.29, 1.82) is 0 Å². The first kappa shape index (κ1) is 26.7. The Labute approximate surface area is 217 Å². The lowest BCUT2D eigenvalue weighted by molar-refractivity contribution is -0.121. The number of hydrogen-bond acceptors (Lipinski definition) is 6. The van der Waals surface area contributed by atoms with Crippen molar-refractivity contribution in [3.05, 3.63) is 72.3 Å². The molecule has 8 nitrogen and oxygen atoms in total. The second-order valence-electron chi connectivity index (χ2n) is 9.53. The van der Waals surface area contributed by atoms with Crippen molar-refractivity contribution in [3.63, 3.8) is 0 Å². The average molecular weight is 526 g/mol. The highest BCUT2D eigenvalue weighted by Crippen LogP contribution is 2.24. The Morgan fingerprint density at radius 2 is 1.84 bits per heavy atom. The molecule has 1 aliphatic rings. The maximum Gasteiger partial charge on any atom is 0.243 e. The lowest BCUT2D eigenvalue weighted by atomic mass is 10.1. The van der Waals surface area contributed by atoms with E-state index in [-0.39, 0.29) is 18.0 Å². The van der Waals surface area contributed by atoms with Gasteiger partial charge >= 0.3 is 0 Å². The molecule has 1 amide bonds. The van der Waals surface area contributed by atoms with Crippen LogP contribution in [0.1, 0.15) is 39.2 Å². The van der Waals surface area contributed by atoms with Crippen LogP contribution in [-0.2, 0) is 21.4 Å². The van der Waals surface area contributed by atoms with Crippen LogP contribution < -0.4 is 10.2 Å². The molecule has 1 saturated heterocycles. The molecule has 0 spiro atoms. The summed E-state index contributed by atoms with van der Waals surface area (Å²) >= 11 is 0. The van der Waals surface area contributed by atoms with Gasteiger partial charge in [-0.05, 0) is 75.1 Å². The van der Waals surface area contributed by atoms with Gasteiger partial charge in [0.05, 0.1) is 11.4 Å². The first-order valence-electron chi connectivity index (χ1n) is 12.4. The fourth-order valence-corrected chi connectivity index (χ4v) is 5.99. The van der Waals surface area contributed by atoms with Gasteiger partial charge in [0.15, 0.2) is 0 Å². The number of nitrogens with one attached hydrogen (secondary N) is 1. The van der Waals surface area contributed by atoms with E-state index >= 15 is 0 Å². The summed E-state index contributed by atoms with van der Waals surface area (Å²) in [7, 11) is -3.96. The molecule has 1 fully saturated rings. The Morgan fingerprint density at radius 1 is 1.14 bits per heavy atom. The highest BCUT2D eigenvalue weighted by molar-refractivity contribution is 7.89. The highest BCUT2D eigenvalue weighted by Gasteiger charge is 2.29. The molecule has 37 heavy (non-hydrogen) atoms. The van der Waals surface area contributed by atoms with Crippen LogP contribution in [0.3, 0.4) is 0 Å². The number of halogens is 1. The third-order valence-electron chi connectivity index (χ3n) is 6.49. The van der Waals surface area contributed by atoms with E-state index in [9.17, 15) is 17.6 Å². The summed E-state index contributed by atoms with van der Waals surface area (Å²) in [5.74, 6) is -0.224. The Bertz CT molecular complexity index is 1330. The van der Waals surface area contributed by atoms with Crippen LogP contribution in [0.4, 0.5) is 10.3 Å². The lowest BCUT2D eigenvalue weighted by Crippen LogP contribution is -2.44. The van der Waals surface area contributed by atoms with E-state index in [4.69, 9.17) is 0 Å².